The Kier molecular flexibility index (Phi) is 9.58. The first-order valence-electron chi connectivity index (χ1n) is 9.91. The predicted molar refractivity (Wildman–Crippen MR) is 125 cm³/mol. The maximum absolute atomic E-state index is 4.75. The van der Waals surface area contributed by atoms with E-state index in [9.17, 15) is 0 Å². The Morgan fingerprint density at radius 2 is 1.67 bits per heavy atom. The van der Waals surface area contributed by atoms with Gasteiger partial charge in [0.25, 0.3) is 0 Å². The Bertz CT molecular complexity index is 598. The molecule has 5 nitrogen and oxygen atoms in total. The molecule has 1 aromatic carbocycles. The van der Waals surface area contributed by atoms with Gasteiger partial charge in [0.1, 0.15) is 0 Å². The summed E-state index contributed by atoms with van der Waals surface area (Å²) in [5.74, 6) is 0.919. The molecule has 1 aromatic rings. The van der Waals surface area contributed by atoms with Crippen LogP contribution in [0.5, 0.6) is 0 Å². The summed E-state index contributed by atoms with van der Waals surface area (Å²) >= 11 is 0. The summed E-state index contributed by atoms with van der Waals surface area (Å²) in [6.07, 6.45) is 6.65. The molecule has 0 unspecified atom stereocenters. The maximum atomic E-state index is 4.75. The minimum atomic E-state index is 0. The Morgan fingerprint density at radius 1 is 1.04 bits per heavy atom. The van der Waals surface area contributed by atoms with Gasteiger partial charge in [-0.3, -0.25) is 4.90 Å². The molecule has 0 bridgehead atoms. The van der Waals surface area contributed by atoms with Crippen LogP contribution in [0.25, 0.3) is 0 Å². The Hall–Kier alpha value is -1.12. The van der Waals surface area contributed by atoms with E-state index in [-0.39, 0.29) is 24.0 Å². The monoisotopic (exact) mass is 483 g/mol. The standard InChI is InChI=1S/C21H33N5.HI/c1-3-22-21(24-20-6-4-5-7-20)23-16-18-8-10-19(11-9-18)17-26-14-12-25(2)13-15-26;/h4-5,8-11,20H,3,6-7,12-17H2,1-2H3,(H2,22,23,24);1H. The molecule has 150 valence electrons. The van der Waals surface area contributed by atoms with E-state index >= 15 is 0 Å². The number of aliphatic imine (C=N–C) groups is 1. The highest BCUT2D eigenvalue weighted by Gasteiger charge is 2.14. The molecular weight excluding hydrogens is 449 g/mol. The topological polar surface area (TPSA) is 42.9 Å². The molecule has 0 amide bonds. The number of nitrogens with zero attached hydrogens (tertiary/aromatic N) is 3. The zero-order valence-electron chi connectivity index (χ0n) is 16.7. The third-order valence-electron chi connectivity index (χ3n) is 5.14. The number of hydrogen-bond acceptors (Lipinski definition) is 3. The van der Waals surface area contributed by atoms with E-state index in [0.717, 1.165) is 45.0 Å². The van der Waals surface area contributed by atoms with Gasteiger partial charge in [0.15, 0.2) is 5.96 Å². The van der Waals surface area contributed by atoms with Crippen LogP contribution in [0.3, 0.4) is 0 Å². The van der Waals surface area contributed by atoms with Crippen molar-refractivity contribution in [1.29, 1.82) is 0 Å². The third kappa shape index (κ3) is 7.43. The van der Waals surface area contributed by atoms with Crippen LogP contribution in [0.4, 0.5) is 0 Å². The van der Waals surface area contributed by atoms with E-state index in [0.29, 0.717) is 12.6 Å². The van der Waals surface area contributed by atoms with Gasteiger partial charge in [-0.1, -0.05) is 36.4 Å². The molecule has 1 aliphatic heterocycles. The Balaban J connectivity index is 0.00000261. The van der Waals surface area contributed by atoms with Crippen molar-refractivity contribution in [3.8, 4) is 0 Å². The fourth-order valence-corrected chi connectivity index (χ4v) is 3.43. The van der Waals surface area contributed by atoms with Gasteiger partial charge < -0.3 is 15.5 Å². The highest BCUT2D eigenvalue weighted by molar-refractivity contribution is 14.0. The molecule has 6 heteroatoms. The lowest BCUT2D eigenvalue weighted by molar-refractivity contribution is 0.148. The van der Waals surface area contributed by atoms with Gasteiger partial charge in [0.2, 0.25) is 0 Å². The van der Waals surface area contributed by atoms with Crippen molar-refractivity contribution in [2.24, 2.45) is 4.99 Å². The second-order valence-corrected chi connectivity index (χ2v) is 7.38. The maximum Gasteiger partial charge on any atom is 0.191 e. The molecule has 27 heavy (non-hydrogen) atoms. The molecule has 0 atom stereocenters. The third-order valence-corrected chi connectivity index (χ3v) is 5.14. The van der Waals surface area contributed by atoms with Crippen molar-refractivity contribution in [3.05, 3.63) is 47.5 Å². The first kappa shape index (κ1) is 22.2. The first-order valence-corrected chi connectivity index (χ1v) is 9.91. The number of piperazine rings is 1. The lowest BCUT2D eigenvalue weighted by atomic mass is 10.1. The van der Waals surface area contributed by atoms with Crippen LogP contribution >= 0.6 is 24.0 Å². The lowest BCUT2D eigenvalue weighted by Gasteiger charge is -2.32. The fourth-order valence-electron chi connectivity index (χ4n) is 3.43. The Morgan fingerprint density at radius 3 is 2.30 bits per heavy atom. The number of benzene rings is 1. The van der Waals surface area contributed by atoms with Crippen molar-refractivity contribution < 1.29 is 0 Å². The summed E-state index contributed by atoms with van der Waals surface area (Å²) in [5.41, 5.74) is 2.65. The van der Waals surface area contributed by atoms with Gasteiger partial charge in [-0.25, -0.2) is 4.99 Å². The summed E-state index contributed by atoms with van der Waals surface area (Å²) in [6.45, 7) is 9.42. The van der Waals surface area contributed by atoms with Gasteiger partial charge >= 0.3 is 0 Å². The second kappa shape index (κ2) is 11.7. The minimum Gasteiger partial charge on any atom is -0.357 e. The molecule has 1 heterocycles. The van der Waals surface area contributed by atoms with Crippen LogP contribution in [0.2, 0.25) is 0 Å². The van der Waals surface area contributed by atoms with Crippen LogP contribution in [0.15, 0.2) is 41.4 Å². The quantitative estimate of drug-likeness (QED) is 0.283. The van der Waals surface area contributed by atoms with Crippen LogP contribution in [0.1, 0.15) is 30.9 Å². The van der Waals surface area contributed by atoms with Gasteiger partial charge in [-0.15, -0.1) is 24.0 Å². The zero-order chi connectivity index (χ0) is 18.2. The SMILES string of the molecule is CCNC(=NCc1ccc(CN2CCN(C)CC2)cc1)NC1CC=CC1.I. The van der Waals surface area contributed by atoms with Crippen molar-refractivity contribution in [2.75, 3.05) is 39.8 Å². The molecule has 0 radical (unpaired) electrons. The number of halogens is 1. The lowest BCUT2D eigenvalue weighted by Crippen LogP contribution is -2.43. The summed E-state index contributed by atoms with van der Waals surface area (Å²) in [7, 11) is 2.20. The summed E-state index contributed by atoms with van der Waals surface area (Å²) < 4.78 is 0. The van der Waals surface area contributed by atoms with Crippen LogP contribution in [0, 0.1) is 0 Å². The van der Waals surface area contributed by atoms with Gasteiger partial charge in [0.05, 0.1) is 6.54 Å². The number of hydrogen-bond donors (Lipinski definition) is 2. The molecular formula is C21H34IN5. The van der Waals surface area contributed by atoms with Crippen molar-refractivity contribution >= 4 is 29.9 Å². The molecule has 0 saturated carbocycles. The molecule has 0 spiro atoms. The van der Waals surface area contributed by atoms with E-state index in [4.69, 9.17) is 4.99 Å². The fraction of sp³-hybridized carbons (Fsp3) is 0.571. The number of rotatable bonds is 6. The number of likely N-dealkylation sites (N-methyl/N-ethyl adjacent to an activating group) is 1. The van der Waals surface area contributed by atoms with E-state index in [1.54, 1.807) is 0 Å². The van der Waals surface area contributed by atoms with Crippen molar-refractivity contribution in [1.82, 2.24) is 20.4 Å². The van der Waals surface area contributed by atoms with Gasteiger partial charge in [0, 0.05) is 45.3 Å². The zero-order valence-corrected chi connectivity index (χ0v) is 19.0. The van der Waals surface area contributed by atoms with E-state index < -0.39 is 0 Å². The van der Waals surface area contributed by atoms with Crippen molar-refractivity contribution in [2.45, 2.75) is 38.9 Å². The van der Waals surface area contributed by atoms with Gasteiger partial charge in [-0.2, -0.15) is 0 Å². The average Bonchev–Trinajstić information content (AvgIpc) is 3.16. The van der Waals surface area contributed by atoms with E-state index in [1.807, 2.05) is 0 Å². The Labute approximate surface area is 181 Å². The summed E-state index contributed by atoms with van der Waals surface area (Å²) in [5, 5.41) is 6.87. The highest BCUT2D eigenvalue weighted by Crippen LogP contribution is 2.11. The van der Waals surface area contributed by atoms with Gasteiger partial charge in [-0.05, 0) is 37.9 Å². The van der Waals surface area contributed by atoms with E-state index in [2.05, 4.69) is 70.8 Å². The van der Waals surface area contributed by atoms with Crippen molar-refractivity contribution in [3.63, 3.8) is 0 Å². The first-order chi connectivity index (χ1) is 12.7. The van der Waals surface area contributed by atoms with Crippen LogP contribution in [-0.2, 0) is 13.1 Å². The highest BCUT2D eigenvalue weighted by atomic mass is 127. The average molecular weight is 483 g/mol. The minimum absolute atomic E-state index is 0. The summed E-state index contributed by atoms with van der Waals surface area (Å²) in [6, 6.07) is 9.43. The molecule has 0 aromatic heterocycles. The largest absolute Gasteiger partial charge is 0.357 e. The molecule has 1 saturated heterocycles. The summed E-state index contributed by atoms with van der Waals surface area (Å²) in [4.78, 5) is 9.69. The normalized spacial score (nSPS) is 19.1. The van der Waals surface area contributed by atoms with Crippen LogP contribution in [-0.4, -0.2) is 61.6 Å². The smallest absolute Gasteiger partial charge is 0.191 e. The van der Waals surface area contributed by atoms with Crippen LogP contribution < -0.4 is 10.6 Å². The molecule has 3 rings (SSSR count). The predicted octanol–water partition coefficient (Wildman–Crippen LogP) is 2.83. The molecule has 2 N–H and O–H groups in total. The van der Waals surface area contributed by atoms with E-state index in [1.165, 1.54) is 24.2 Å². The second-order valence-electron chi connectivity index (χ2n) is 7.38. The number of nitrogens with one attached hydrogen (secondary N) is 2. The number of guanidine groups is 1. The molecule has 1 fully saturated rings. The molecule has 1 aliphatic carbocycles. The molecule has 2 aliphatic rings.